The van der Waals surface area contributed by atoms with Gasteiger partial charge in [0.15, 0.2) is 12.4 Å². The number of carbonyl (C=O) groups excluding carboxylic acids is 1. The lowest BCUT2D eigenvalue weighted by Crippen LogP contribution is -2.61. The summed E-state index contributed by atoms with van der Waals surface area (Å²) in [6.45, 7) is 5.19. The summed E-state index contributed by atoms with van der Waals surface area (Å²) < 4.78 is 18.4. The molecule has 168 valence electrons. The number of morpholine rings is 1. The van der Waals surface area contributed by atoms with E-state index in [1.165, 1.54) is 0 Å². The van der Waals surface area contributed by atoms with Gasteiger partial charge in [-0.2, -0.15) is 0 Å². The van der Waals surface area contributed by atoms with E-state index in [-0.39, 0.29) is 12.5 Å². The Bertz CT molecular complexity index is 841. The molecule has 10 nitrogen and oxygen atoms in total. The minimum absolute atomic E-state index is 0.0117. The molecule has 1 atom stereocenters. The quantitative estimate of drug-likeness (QED) is 0.599. The van der Waals surface area contributed by atoms with Crippen LogP contribution < -0.4 is 4.74 Å². The highest BCUT2D eigenvalue weighted by Crippen LogP contribution is 2.37. The summed E-state index contributed by atoms with van der Waals surface area (Å²) in [4.78, 5) is 17.3. The molecule has 0 saturated carbocycles. The van der Waals surface area contributed by atoms with Crippen molar-refractivity contribution in [3.8, 4) is 5.75 Å². The van der Waals surface area contributed by atoms with E-state index >= 15 is 0 Å². The Labute approximate surface area is 182 Å². The normalized spacial score (nSPS) is 22.4. The molecule has 0 N–H and O–H groups in total. The molecular formula is C21H30N6O4. The lowest BCUT2D eigenvalue weighted by atomic mass is 9.85. The van der Waals surface area contributed by atoms with E-state index in [9.17, 15) is 4.79 Å². The molecule has 10 heteroatoms. The number of benzene rings is 1. The molecule has 31 heavy (non-hydrogen) atoms. The lowest BCUT2D eigenvalue weighted by Gasteiger charge is -2.49. The standard InChI is InChI=1S/C21H30N6O4/c1-29-13-12-27-20(22-23-24-27)21(26-10-14-30-15-11-26)8-5-9-25(17-21)19(28)16-31-18-6-3-2-4-7-18/h2-4,6-7H,5,8-17H2,1H3. The van der Waals surface area contributed by atoms with Gasteiger partial charge in [0.05, 0.1) is 26.4 Å². The number of aromatic nitrogens is 4. The van der Waals surface area contributed by atoms with E-state index in [0.29, 0.717) is 45.2 Å². The Morgan fingerprint density at radius 1 is 1.19 bits per heavy atom. The van der Waals surface area contributed by atoms with Crippen LogP contribution in [0.2, 0.25) is 0 Å². The number of likely N-dealkylation sites (tertiary alicyclic amines) is 1. The molecule has 2 aromatic rings. The van der Waals surface area contributed by atoms with E-state index in [0.717, 1.165) is 31.8 Å². The summed E-state index contributed by atoms with van der Waals surface area (Å²) in [6.07, 6.45) is 1.75. The van der Waals surface area contributed by atoms with Crippen LogP contribution in [0.4, 0.5) is 0 Å². The van der Waals surface area contributed by atoms with Crippen molar-refractivity contribution in [3.05, 3.63) is 36.2 Å². The van der Waals surface area contributed by atoms with E-state index in [1.54, 1.807) is 7.11 Å². The summed E-state index contributed by atoms with van der Waals surface area (Å²) >= 11 is 0. The second-order valence-electron chi connectivity index (χ2n) is 7.87. The number of para-hydroxylation sites is 1. The molecule has 4 rings (SSSR count). The topological polar surface area (TPSA) is 94.8 Å². The molecule has 1 aromatic carbocycles. The van der Waals surface area contributed by atoms with Crippen molar-refractivity contribution in [1.29, 1.82) is 0 Å². The summed E-state index contributed by atoms with van der Waals surface area (Å²) in [5.74, 6) is 1.45. The highest BCUT2D eigenvalue weighted by atomic mass is 16.5. The van der Waals surface area contributed by atoms with Crippen LogP contribution in [0.5, 0.6) is 5.75 Å². The number of rotatable bonds is 8. The van der Waals surface area contributed by atoms with Crippen LogP contribution in [-0.4, -0.2) is 95.6 Å². The van der Waals surface area contributed by atoms with Gasteiger partial charge < -0.3 is 19.1 Å². The Morgan fingerprint density at radius 2 is 2.00 bits per heavy atom. The molecule has 3 heterocycles. The lowest BCUT2D eigenvalue weighted by molar-refractivity contribution is -0.140. The van der Waals surface area contributed by atoms with Gasteiger partial charge in [-0.3, -0.25) is 9.69 Å². The van der Waals surface area contributed by atoms with Crippen molar-refractivity contribution in [2.45, 2.75) is 24.9 Å². The molecule has 0 radical (unpaired) electrons. The largest absolute Gasteiger partial charge is 0.484 e. The van der Waals surface area contributed by atoms with Gasteiger partial charge in [0, 0.05) is 33.3 Å². The number of amides is 1. The zero-order chi connectivity index (χ0) is 21.5. The predicted octanol–water partition coefficient (Wildman–Crippen LogP) is 0.548. The molecule has 0 bridgehead atoms. The Balaban J connectivity index is 1.55. The first kappa shape index (κ1) is 21.7. The third-order valence-corrected chi connectivity index (χ3v) is 6.00. The number of carbonyl (C=O) groups is 1. The number of tetrazole rings is 1. The maximum atomic E-state index is 13.0. The summed E-state index contributed by atoms with van der Waals surface area (Å²) in [6, 6.07) is 9.41. The van der Waals surface area contributed by atoms with Crippen molar-refractivity contribution >= 4 is 5.91 Å². The van der Waals surface area contributed by atoms with E-state index in [2.05, 4.69) is 20.4 Å². The van der Waals surface area contributed by atoms with Crippen LogP contribution in [-0.2, 0) is 26.4 Å². The summed E-state index contributed by atoms with van der Waals surface area (Å²) in [7, 11) is 1.66. The van der Waals surface area contributed by atoms with Crippen LogP contribution in [0.25, 0.3) is 0 Å². The third kappa shape index (κ3) is 4.86. The highest BCUT2D eigenvalue weighted by molar-refractivity contribution is 5.78. The predicted molar refractivity (Wildman–Crippen MR) is 112 cm³/mol. The zero-order valence-electron chi connectivity index (χ0n) is 18.0. The molecule has 1 aromatic heterocycles. The Morgan fingerprint density at radius 3 is 2.77 bits per heavy atom. The molecular weight excluding hydrogens is 400 g/mol. The number of ether oxygens (including phenoxy) is 3. The first-order valence-electron chi connectivity index (χ1n) is 10.8. The van der Waals surface area contributed by atoms with Crippen LogP contribution in [0.1, 0.15) is 18.7 Å². The van der Waals surface area contributed by atoms with Gasteiger partial charge in [0.2, 0.25) is 0 Å². The van der Waals surface area contributed by atoms with Crippen molar-refractivity contribution < 1.29 is 19.0 Å². The average molecular weight is 431 g/mol. The maximum Gasteiger partial charge on any atom is 0.260 e. The molecule has 2 saturated heterocycles. The van der Waals surface area contributed by atoms with Crippen molar-refractivity contribution in [1.82, 2.24) is 30.0 Å². The highest BCUT2D eigenvalue weighted by Gasteiger charge is 2.47. The summed E-state index contributed by atoms with van der Waals surface area (Å²) in [5.41, 5.74) is -0.457. The van der Waals surface area contributed by atoms with Crippen LogP contribution in [0.3, 0.4) is 0 Å². The molecule has 2 aliphatic rings. The van der Waals surface area contributed by atoms with Crippen molar-refractivity contribution in [2.24, 2.45) is 0 Å². The first-order valence-corrected chi connectivity index (χ1v) is 10.8. The minimum atomic E-state index is -0.457. The van der Waals surface area contributed by atoms with Gasteiger partial charge in [-0.1, -0.05) is 18.2 Å². The molecule has 2 fully saturated rings. The van der Waals surface area contributed by atoms with Gasteiger partial charge in [-0.05, 0) is 35.4 Å². The monoisotopic (exact) mass is 430 g/mol. The number of methoxy groups -OCH3 is 1. The average Bonchev–Trinajstić information content (AvgIpc) is 3.31. The second-order valence-corrected chi connectivity index (χ2v) is 7.87. The van der Waals surface area contributed by atoms with E-state index in [4.69, 9.17) is 14.2 Å². The Kier molecular flexibility index (Phi) is 7.10. The summed E-state index contributed by atoms with van der Waals surface area (Å²) in [5, 5.41) is 12.6. The van der Waals surface area contributed by atoms with E-state index < -0.39 is 5.54 Å². The first-order chi connectivity index (χ1) is 15.2. The van der Waals surface area contributed by atoms with Crippen LogP contribution in [0.15, 0.2) is 30.3 Å². The molecule has 0 aliphatic carbocycles. The van der Waals surface area contributed by atoms with E-state index in [1.807, 2.05) is 39.9 Å². The van der Waals surface area contributed by atoms with Crippen LogP contribution in [0, 0.1) is 0 Å². The number of hydrogen-bond acceptors (Lipinski definition) is 8. The fourth-order valence-corrected chi connectivity index (χ4v) is 4.44. The van der Waals surface area contributed by atoms with Gasteiger partial charge in [0.1, 0.15) is 11.3 Å². The smallest absolute Gasteiger partial charge is 0.260 e. The van der Waals surface area contributed by atoms with Gasteiger partial charge >= 0.3 is 0 Å². The molecule has 0 spiro atoms. The van der Waals surface area contributed by atoms with Gasteiger partial charge in [-0.25, -0.2) is 4.68 Å². The minimum Gasteiger partial charge on any atom is -0.484 e. The van der Waals surface area contributed by atoms with Crippen molar-refractivity contribution in [3.63, 3.8) is 0 Å². The fourth-order valence-electron chi connectivity index (χ4n) is 4.44. The Hall–Kier alpha value is -2.56. The molecule has 1 amide bonds. The van der Waals surface area contributed by atoms with Gasteiger partial charge in [0.25, 0.3) is 5.91 Å². The second kappa shape index (κ2) is 10.2. The van der Waals surface area contributed by atoms with Gasteiger partial charge in [-0.15, -0.1) is 5.10 Å². The third-order valence-electron chi connectivity index (χ3n) is 6.00. The number of piperidine rings is 1. The SMILES string of the molecule is COCCn1nnnc1C1(N2CCOCC2)CCCN(C(=O)COc2ccccc2)C1. The maximum absolute atomic E-state index is 13.0. The zero-order valence-corrected chi connectivity index (χ0v) is 18.0. The molecule has 1 unspecified atom stereocenters. The van der Waals surface area contributed by atoms with Crippen LogP contribution >= 0.6 is 0 Å². The van der Waals surface area contributed by atoms with Crippen molar-refractivity contribution in [2.75, 3.05) is 59.7 Å². The fraction of sp³-hybridized carbons (Fsp3) is 0.619. The number of nitrogens with zero attached hydrogens (tertiary/aromatic N) is 6. The molecule has 2 aliphatic heterocycles. The number of hydrogen-bond donors (Lipinski definition) is 0.